The minimum atomic E-state index is -0.361. The van der Waals surface area contributed by atoms with Gasteiger partial charge in [0.05, 0.1) is 25.1 Å². The van der Waals surface area contributed by atoms with Gasteiger partial charge >= 0.3 is 0 Å². The molecule has 0 unspecified atom stereocenters. The number of rotatable bonds is 3. The van der Waals surface area contributed by atoms with E-state index in [2.05, 4.69) is 6.07 Å². The van der Waals surface area contributed by atoms with Crippen LogP contribution in [0.25, 0.3) is 0 Å². The normalized spacial score (nSPS) is 20.8. The van der Waals surface area contributed by atoms with Crippen LogP contribution in [0.1, 0.15) is 35.6 Å². The quantitative estimate of drug-likeness (QED) is 0.699. The highest BCUT2D eigenvalue weighted by atomic mass is 16.5. The third-order valence-electron chi connectivity index (χ3n) is 4.91. The van der Waals surface area contributed by atoms with Gasteiger partial charge in [-0.15, -0.1) is 0 Å². The van der Waals surface area contributed by atoms with Crippen LogP contribution < -0.4 is 9.47 Å². The van der Waals surface area contributed by atoms with Crippen molar-refractivity contribution >= 4 is 5.71 Å². The van der Waals surface area contributed by atoms with E-state index in [1.54, 1.807) is 13.4 Å². The van der Waals surface area contributed by atoms with Crippen molar-refractivity contribution in [3.05, 3.63) is 83.8 Å². The van der Waals surface area contributed by atoms with Crippen LogP contribution >= 0.6 is 0 Å². The molecule has 3 aromatic rings. The van der Waals surface area contributed by atoms with Crippen LogP contribution in [0, 0.1) is 0 Å². The molecule has 0 amide bonds. The zero-order chi connectivity index (χ0) is 17.5. The Morgan fingerprint density at radius 1 is 1.04 bits per heavy atom. The number of hydrazone groups is 1. The molecule has 5 heteroatoms. The van der Waals surface area contributed by atoms with Crippen LogP contribution in [-0.4, -0.2) is 17.8 Å². The average Bonchev–Trinajstić information content (AvgIpc) is 3.37. The number of hydrogen-bond donors (Lipinski definition) is 0. The molecular formula is C21H18N2O3. The van der Waals surface area contributed by atoms with E-state index in [4.69, 9.17) is 19.0 Å². The molecule has 2 aliphatic heterocycles. The van der Waals surface area contributed by atoms with Gasteiger partial charge in [0.15, 0.2) is 5.76 Å². The number of para-hydroxylation sites is 1. The van der Waals surface area contributed by atoms with Gasteiger partial charge in [0.2, 0.25) is 6.23 Å². The topological polar surface area (TPSA) is 47.2 Å². The second kappa shape index (κ2) is 5.95. The van der Waals surface area contributed by atoms with Crippen molar-refractivity contribution in [3.8, 4) is 11.5 Å². The molecular weight excluding hydrogens is 328 g/mol. The van der Waals surface area contributed by atoms with Crippen molar-refractivity contribution in [2.75, 3.05) is 7.11 Å². The molecule has 5 nitrogen and oxygen atoms in total. The maximum Gasteiger partial charge on any atom is 0.246 e. The van der Waals surface area contributed by atoms with Gasteiger partial charge in [0.1, 0.15) is 11.5 Å². The molecule has 2 atom stereocenters. The lowest BCUT2D eigenvalue weighted by atomic mass is 9.96. The predicted octanol–water partition coefficient (Wildman–Crippen LogP) is 4.53. The zero-order valence-corrected chi connectivity index (χ0v) is 14.3. The third kappa shape index (κ3) is 2.36. The fourth-order valence-electron chi connectivity index (χ4n) is 3.61. The van der Waals surface area contributed by atoms with Crippen molar-refractivity contribution in [2.45, 2.75) is 18.7 Å². The van der Waals surface area contributed by atoms with E-state index in [1.807, 2.05) is 59.6 Å². The first kappa shape index (κ1) is 15.1. The molecule has 0 spiro atoms. The lowest BCUT2D eigenvalue weighted by molar-refractivity contribution is -0.0325. The van der Waals surface area contributed by atoms with E-state index >= 15 is 0 Å². The van der Waals surface area contributed by atoms with E-state index < -0.39 is 0 Å². The maximum atomic E-state index is 6.22. The minimum Gasteiger partial charge on any atom is -0.497 e. The molecule has 0 aliphatic carbocycles. The highest BCUT2D eigenvalue weighted by Gasteiger charge is 2.41. The number of nitrogens with zero attached hydrogens (tertiary/aromatic N) is 2. The largest absolute Gasteiger partial charge is 0.497 e. The Labute approximate surface area is 151 Å². The number of hydrogen-bond acceptors (Lipinski definition) is 5. The number of ether oxygens (including phenoxy) is 2. The first-order valence-corrected chi connectivity index (χ1v) is 8.63. The van der Waals surface area contributed by atoms with E-state index in [9.17, 15) is 0 Å². The van der Waals surface area contributed by atoms with Gasteiger partial charge in [0.25, 0.3) is 0 Å². The highest BCUT2D eigenvalue weighted by molar-refractivity contribution is 6.02. The molecule has 5 rings (SSSR count). The van der Waals surface area contributed by atoms with E-state index in [-0.39, 0.29) is 12.3 Å². The standard InChI is InChI=1S/C21H18N2O3/c1-24-15-10-8-14(9-11-15)17-13-18-16-5-2-3-6-19(16)26-21(23(18)22-17)20-7-4-12-25-20/h2-12,18,21H,13H2,1H3/t18-,21+/m0/s1. The van der Waals surface area contributed by atoms with Gasteiger partial charge < -0.3 is 13.9 Å². The molecule has 0 bridgehead atoms. The van der Waals surface area contributed by atoms with Gasteiger partial charge in [-0.25, -0.2) is 5.01 Å². The van der Waals surface area contributed by atoms with Gasteiger partial charge in [-0.05, 0) is 48.0 Å². The van der Waals surface area contributed by atoms with Crippen molar-refractivity contribution in [3.63, 3.8) is 0 Å². The Morgan fingerprint density at radius 3 is 2.65 bits per heavy atom. The molecule has 1 aromatic heterocycles. The number of methoxy groups -OCH3 is 1. The Balaban J connectivity index is 1.56. The zero-order valence-electron chi connectivity index (χ0n) is 14.3. The molecule has 3 heterocycles. The lowest BCUT2D eigenvalue weighted by Gasteiger charge is -2.36. The highest BCUT2D eigenvalue weighted by Crippen LogP contribution is 2.47. The smallest absolute Gasteiger partial charge is 0.246 e. The summed E-state index contributed by atoms with van der Waals surface area (Å²) in [7, 11) is 1.67. The summed E-state index contributed by atoms with van der Waals surface area (Å²) in [5, 5.41) is 6.91. The molecule has 26 heavy (non-hydrogen) atoms. The van der Waals surface area contributed by atoms with Gasteiger partial charge in [-0.3, -0.25) is 0 Å². The Hall–Kier alpha value is -3.21. The Kier molecular flexibility index (Phi) is 3.45. The molecule has 0 radical (unpaired) electrons. The van der Waals surface area contributed by atoms with E-state index in [0.29, 0.717) is 0 Å². The average molecular weight is 346 g/mol. The van der Waals surface area contributed by atoms with Gasteiger partial charge in [-0.1, -0.05) is 18.2 Å². The van der Waals surface area contributed by atoms with Crippen LogP contribution in [-0.2, 0) is 0 Å². The minimum absolute atomic E-state index is 0.132. The van der Waals surface area contributed by atoms with Gasteiger partial charge in [0, 0.05) is 12.0 Å². The van der Waals surface area contributed by atoms with Crippen molar-refractivity contribution < 1.29 is 13.9 Å². The Bertz CT molecular complexity index is 948. The summed E-state index contributed by atoms with van der Waals surface area (Å²) >= 11 is 0. The summed E-state index contributed by atoms with van der Waals surface area (Å²) in [6.07, 6.45) is 2.13. The number of fused-ring (bicyclic) bond motifs is 3. The fraction of sp³-hybridized carbons (Fsp3) is 0.190. The van der Waals surface area contributed by atoms with Crippen LogP contribution in [0.5, 0.6) is 11.5 Å². The van der Waals surface area contributed by atoms with Crippen molar-refractivity contribution in [2.24, 2.45) is 5.10 Å². The van der Waals surface area contributed by atoms with Crippen LogP contribution in [0.3, 0.4) is 0 Å². The summed E-state index contributed by atoms with van der Waals surface area (Å²) in [6.45, 7) is 0. The van der Waals surface area contributed by atoms with E-state index in [1.165, 1.54) is 0 Å². The summed E-state index contributed by atoms with van der Waals surface area (Å²) in [5.74, 6) is 2.48. The fourth-order valence-corrected chi connectivity index (χ4v) is 3.61. The second-order valence-electron chi connectivity index (χ2n) is 6.40. The summed E-state index contributed by atoms with van der Waals surface area (Å²) in [6, 6.07) is 20.1. The molecule has 0 saturated carbocycles. The molecule has 2 aromatic carbocycles. The second-order valence-corrected chi connectivity index (χ2v) is 6.40. The maximum absolute atomic E-state index is 6.22. The summed E-state index contributed by atoms with van der Waals surface area (Å²) < 4.78 is 17.1. The number of furan rings is 1. The summed E-state index contributed by atoms with van der Waals surface area (Å²) in [4.78, 5) is 0. The van der Waals surface area contributed by atoms with Crippen molar-refractivity contribution in [1.82, 2.24) is 5.01 Å². The van der Waals surface area contributed by atoms with Crippen molar-refractivity contribution in [1.29, 1.82) is 0 Å². The van der Waals surface area contributed by atoms with E-state index in [0.717, 1.165) is 40.5 Å². The SMILES string of the molecule is COc1ccc(C2=NN3[C@@H](c4ccco4)Oc4ccccc4[C@@H]3C2)cc1. The molecule has 0 fully saturated rings. The summed E-state index contributed by atoms with van der Waals surface area (Å²) in [5.41, 5.74) is 3.29. The third-order valence-corrected chi connectivity index (χ3v) is 4.91. The lowest BCUT2D eigenvalue weighted by Crippen LogP contribution is -2.33. The van der Waals surface area contributed by atoms with Gasteiger partial charge in [-0.2, -0.15) is 5.10 Å². The van der Waals surface area contributed by atoms with Crippen LogP contribution in [0.4, 0.5) is 0 Å². The predicted molar refractivity (Wildman–Crippen MR) is 97.2 cm³/mol. The first-order chi connectivity index (χ1) is 12.8. The monoisotopic (exact) mass is 346 g/mol. The van der Waals surface area contributed by atoms with Crippen LogP contribution in [0.2, 0.25) is 0 Å². The number of benzene rings is 2. The molecule has 2 aliphatic rings. The Morgan fingerprint density at radius 2 is 1.88 bits per heavy atom. The first-order valence-electron chi connectivity index (χ1n) is 8.63. The molecule has 0 saturated heterocycles. The molecule has 0 N–H and O–H groups in total. The van der Waals surface area contributed by atoms with Crippen LogP contribution in [0.15, 0.2) is 76.4 Å². The molecule has 130 valence electrons.